The molecule has 1 aromatic carbocycles. The predicted octanol–water partition coefficient (Wildman–Crippen LogP) is 3.10. The summed E-state index contributed by atoms with van der Waals surface area (Å²) in [5.41, 5.74) is 2.42. The number of rotatable bonds is 4. The maximum atomic E-state index is 13.1. The molecule has 0 spiro atoms. The lowest BCUT2D eigenvalue weighted by molar-refractivity contribution is 0.00854. The summed E-state index contributed by atoms with van der Waals surface area (Å²) in [5, 5.41) is 3.24. The molecule has 172 valence electrons. The van der Waals surface area contributed by atoms with Crippen molar-refractivity contribution in [2.45, 2.75) is 6.04 Å². The Labute approximate surface area is 204 Å². The molecule has 0 saturated carbocycles. The number of piperazine rings is 1. The van der Waals surface area contributed by atoms with Crippen LogP contribution in [-0.2, 0) is 0 Å². The minimum absolute atomic E-state index is 0.0183. The Balaban J connectivity index is 1.06. The minimum Gasteiger partial charge on any atom is -0.335 e. The molecule has 2 amide bonds. The van der Waals surface area contributed by atoms with Crippen molar-refractivity contribution in [3.63, 3.8) is 0 Å². The predicted molar refractivity (Wildman–Crippen MR) is 132 cm³/mol. The summed E-state index contributed by atoms with van der Waals surface area (Å²) in [7, 11) is 0. The zero-order valence-corrected chi connectivity index (χ0v) is 20.0. The van der Waals surface area contributed by atoms with Gasteiger partial charge in [-0.1, -0.05) is 6.07 Å². The summed E-state index contributed by atoms with van der Waals surface area (Å²) in [6.45, 7) is 4.49. The SMILES string of the molecule is O=C(c1ccc2nc(-c3ccccn3)sc2c1)N1CC(N2CCN(C(=O)c3nccs3)CC2)C1. The second-order valence-corrected chi connectivity index (χ2v) is 10.4. The number of pyridine rings is 1. The first-order valence-corrected chi connectivity index (χ1v) is 12.9. The molecule has 3 aromatic heterocycles. The number of benzene rings is 1. The zero-order valence-electron chi connectivity index (χ0n) is 18.3. The van der Waals surface area contributed by atoms with Gasteiger partial charge in [0.2, 0.25) is 0 Å². The van der Waals surface area contributed by atoms with Crippen molar-refractivity contribution in [1.82, 2.24) is 29.7 Å². The van der Waals surface area contributed by atoms with Crippen molar-refractivity contribution < 1.29 is 9.59 Å². The van der Waals surface area contributed by atoms with Crippen LogP contribution in [0.5, 0.6) is 0 Å². The van der Waals surface area contributed by atoms with Gasteiger partial charge in [-0.15, -0.1) is 22.7 Å². The van der Waals surface area contributed by atoms with E-state index in [0.29, 0.717) is 29.7 Å². The molecule has 4 aromatic rings. The normalized spacial score (nSPS) is 17.2. The molecule has 0 aliphatic carbocycles. The van der Waals surface area contributed by atoms with Gasteiger partial charge in [0.1, 0.15) is 5.01 Å². The van der Waals surface area contributed by atoms with E-state index in [-0.39, 0.29) is 11.8 Å². The lowest BCUT2D eigenvalue weighted by Gasteiger charge is -2.48. The average molecular weight is 491 g/mol. The largest absolute Gasteiger partial charge is 0.335 e. The van der Waals surface area contributed by atoms with Crippen molar-refractivity contribution in [2.75, 3.05) is 39.3 Å². The Morgan fingerprint density at radius 1 is 0.912 bits per heavy atom. The third kappa shape index (κ3) is 3.97. The molecule has 0 radical (unpaired) electrons. The molecule has 0 unspecified atom stereocenters. The van der Waals surface area contributed by atoms with Crippen LogP contribution in [0.3, 0.4) is 0 Å². The van der Waals surface area contributed by atoms with Gasteiger partial charge in [-0.25, -0.2) is 9.97 Å². The third-order valence-electron chi connectivity index (χ3n) is 6.40. The highest BCUT2D eigenvalue weighted by atomic mass is 32.1. The summed E-state index contributed by atoms with van der Waals surface area (Å²) in [6, 6.07) is 11.9. The van der Waals surface area contributed by atoms with Crippen LogP contribution >= 0.6 is 22.7 Å². The highest BCUT2D eigenvalue weighted by molar-refractivity contribution is 7.21. The van der Waals surface area contributed by atoms with E-state index in [4.69, 9.17) is 0 Å². The highest BCUT2D eigenvalue weighted by Gasteiger charge is 2.37. The van der Waals surface area contributed by atoms with Crippen molar-refractivity contribution in [2.24, 2.45) is 0 Å². The lowest BCUT2D eigenvalue weighted by Crippen LogP contribution is -2.64. The first-order valence-electron chi connectivity index (χ1n) is 11.2. The van der Waals surface area contributed by atoms with Crippen molar-refractivity contribution >= 4 is 44.7 Å². The zero-order chi connectivity index (χ0) is 23.1. The van der Waals surface area contributed by atoms with Gasteiger partial charge in [0.05, 0.1) is 15.9 Å². The quantitative estimate of drug-likeness (QED) is 0.437. The molecule has 0 bridgehead atoms. The third-order valence-corrected chi connectivity index (χ3v) is 8.20. The highest BCUT2D eigenvalue weighted by Crippen LogP contribution is 2.30. The minimum atomic E-state index is 0.0183. The van der Waals surface area contributed by atoms with E-state index in [1.165, 1.54) is 11.3 Å². The molecule has 2 saturated heterocycles. The molecule has 2 aliphatic rings. The molecule has 0 atom stereocenters. The molecule has 8 nitrogen and oxygen atoms in total. The second kappa shape index (κ2) is 8.86. The standard InChI is InChI=1S/C24H22N6O2S2/c31-23(16-4-5-18-20(13-16)34-21(27-18)19-3-1-2-6-25-19)30-14-17(15-30)28-8-10-29(11-9-28)24(32)22-26-7-12-33-22/h1-7,12-13,17H,8-11,14-15H2. The van der Waals surface area contributed by atoms with Crippen LogP contribution in [0.2, 0.25) is 0 Å². The van der Waals surface area contributed by atoms with E-state index >= 15 is 0 Å². The monoisotopic (exact) mass is 490 g/mol. The van der Waals surface area contributed by atoms with Gasteiger partial charge >= 0.3 is 0 Å². The topological polar surface area (TPSA) is 82.5 Å². The number of nitrogens with zero attached hydrogens (tertiary/aromatic N) is 6. The molecular weight excluding hydrogens is 468 g/mol. The lowest BCUT2D eigenvalue weighted by atomic mass is 10.0. The smallest absolute Gasteiger partial charge is 0.282 e. The molecular formula is C24H22N6O2S2. The first-order chi connectivity index (χ1) is 16.7. The van der Waals surface area contributed by atoms with Gasteiger partial charge < -0.3 is 9.80 Å². The summed E-state index contributed by atoms with van der Waals surface area (Å²) >= 11 is 2.94. The van der Waals surface area contributed by atoms with Gasteiger partial charge in [0.25, 0.3) is 11.8 Å². The molecule has 2 fully saturated rings. The Morgan fingerprint density at radius 3 is 2.50 bits per heavy atom. The summed E-state index contributed by atoms with van der Waals surface area (Å²) in [5.74, 6) is 0.0771. The van der Waals surface area contributed by atoms with Crippen LogP contribution in [0.1, 0.15) is 20.2 Å². The maximum absolute atomic E-state index is 13.1. The fourth-order valence-electron chi connectivity index (χ4n) is 4.45. The average Bonchev–Trinajstić information content (AvgIpc) is 3.53. The molecule has 2 aliphatic heterocycles. The van der Waals surface area contributed by atoms with Crippen LogP contribution in [0.25, 0.3) is 20.9 Å². The van der Waals surface area contributed by atoms with Gasteiger partial charge in [-0.2, -0.15) is 0 Å². The van der Waals surface area contributed by atoms with Crippen LogP contribution in [0.4, 0.5) is 0 Å². The van der Waals surface area contributed by atoms with Crippen LogP contribution in [0.15, 0.2) is 54.2 Å². The number of aromatic nitrogens is 3. The number of carbonyl (C=O) groups is 2. The van der Waals surface area contributed by atoms with Gasteiger partial charge in [-0.05, 0) is 30.3 Å². The number of fused-ring (bicyclic) bond motifs is 1. The fourth-order valence-corrected chi connectivity index (χ4v) is 6.03. The molecule has 0 N–H and O–H groups in total. The Morgan fingerprint density at radius 2 is 1.76 bits per heavy atom. The Bertz CT molecular complexity index is 1330. The number of hydrogen-bond acceptors (Lipinski definition) is 8. The van der Waals surface area contributed by atoms with E-state index in [1.807, 2.05) is 51.6 Å². The van der Waals surface area contributed by atoms with Crippen LogP contribution in [-0.4, -0.2) is 86.8 Å². The van der Waals surface area contributed by atoms with Gasteiger partial charge in [-0.3, -0.25) is 19.5 Å². The van der Waals surface area contributed by atoms with E-state index in [9.17, 15) is 9.59 Å². The first kappa shape index (κ1) is 21.3. The van der Waals surface area contributed by atoms with E-state index in [0.717, 1.165) is 47.1 Å². The Hall–Kier alpha value is -3.21. The maximum Gasteiger partial charge on any atom is 0.282 e. The van der Waals surface area contributed by atoms with Crippen molar-refractivity contribution in [3.05, 3.63) is 64.7 Å². The summed E-state index contributed by atoms with van der Waals surface area (Å²) in [4.78, 5) is 44.9. The molecule has 5 heterocycles. The number of hydrogen-bond donors (Lipinski definition) is 0. The van der Waals surface area contributed by atoms with Gasteiger partial charge in [0, 0.05) is 68.6 Å². The van der Waals surface area contributed by atoms with Crippen molar-refractivity contribution in [3.8, 4) is 10.7 Å². The van der Waals surface area contributed by atoms with Crippen molar-refractivity contribution in [1.29, 1.82) is 0 Å². The molecule has 34 heavy (non-hydrogen) atoms. The van der Waals surface area contributed by atoms with E-state index < -0.39 is 0 Å². The Kier molecular flexibility index (Phi) is 5.56. The van der Waals surface area contributed by atoms with Crippen LogP contribution in [0, 0.1) is 0 Å². The number of thiazole rings is 2. The summed E-state index contributed by atoms with van der Waals surface area (Å²) < 4.78 is 0.990. The second-order valence-electron chi connectivity index (χ2n) is 8.45. The van der Waals surface area contributed by atoms with E-state index in [2.05, 4.69) is 19.9 Å². The number of amides is 2. The van der Waals surface area contributed by atoms with E-state index in [1.54, 1.807) is 23.7 Å². The van der Waals surface area contributed by atoms with Gasteiger partial charge in [0.15, 0.2) is 5.01 Å². The van der Waals surface area contributed by atoms with Crippen LogP contribution < -0.4 is 0 Å². The molecule has 10 heteroatoms. The fraction of sp³-hybridized carbons (Fsp3) is 0.292. The number of likely N-dealkylation sites (tertiary alicyclic amines) is 1. The molecule has 6 rings (SSSR count). The summed E-state index contributed by atoms with van der Waals surface area (Å²) in [6.07, 6.45) is 3.43. The number of carbonyl (C=O) groups excluding carboxylic acids is 2.